The van der Waals surface area contributed by atoms with Crippen LogP contribution in [0.4, 0.5) is 5.69 Å². The third kappa shape index (κ3) is 4.36. The molecule has 2 aromatic rings. The molecular formula is C16H15Cl2NO5S. The first-order chi connectivity index (χ1) is 11.7. The molecule has 0 saturated carbocycles. The third-order valence-electron chi connectivity index (χ3n) is 3.48. The maximum atomic E-state index is 12.5. The summed E-state index contributed by atoms with van der Waals surface area (Å²) >= 11 is 11.6. The highest BCUT2D eigenvalue weighted by atomic mass is 35.5. The molecule has 0 aliphatic heterocycles. The van der Waals surface area contributed by atoms with Crippen molar-refractivity contribution in [3.05, 3.63) is 52.0 Å². The Hall–Kier alpha value is -1.96. The minimum atomic E-state index is -4.14. The Morgan fingerprint density at radius 2 is 1.92 bits per heavy atom. The van der Waals surface area contributed by atoms with E-state index in [4.69, 9.17) is 23.2 Å². The van der Waals surface area contributed by atoms with Crippen molar-refractivity contribution in [1.29, 1.82) is 0 Å². The van der Waals surface area contributed by atoms with E-state index in [9.17, 15) is 18.3 Å². The van der Waals surface area contributed by atoms with Gasteiger partial charge in [0.05, 0.1) is 18.1 Å². The number of halogens is 2. The number of aromatic hydroxyl groups is 1. The largest absolute Gasteiger partial charge is 0.505 e. The summed E-state index contributed by atoms with van der Waals surface area (Å²) in [4.78, 5) is 11.2. The quantitative estimate of drug-likeness (QED) is 0.740. The maximum absolute atomic E-state index is 12.5. The van der Waals surface area contributed by atoms with Crippen LogP contribution in [0.25, 0.3) is 0 Å². The number of phenolic OH excluding ortho intramolecular Hbond substituents is 1. The summed E-state index contributed by atoms with van der Waals surface area (Å²) in [6, 6.07) is 8.60. The molecule has 0 spiro atoms. The fourth-order valence-electron chi connectivity index (χ4n) is 2.14. The van der Waals surface area contributed by atoms with Crippen LogP contribution in [0, 0.1) is 0 Å². The number of methoxy groups -OCH3 is 1. The van der Waals surface area contributed by atoms with Crippen LogP contribution >= 0.6 is 23.2 Å². The Bertz CT molecular complexity index is 915. The summed E-state index contributed by atoms with van der Waals surface area (Å²) in [5, 5.41) is 9.80. The van der Waals surface area contributed by atoms with Crippen LogP contribution < -0.4 is 4.72 Å². The normalized spacial score (nSPS) is 12.5. The number of esters is 1. The van der Waals surface area contributed by atoms with E-state index in [0.29, 0.717) is 5.56 Å². The monoisotopic (exact) mass is 403 g/mol. The molecule has 0 amide bonds. The summed E-state index contributed by atoms with van der Waals surface area (Å²) in [5.74, 6) is -1.61. The van der Waals surface area contributed by atoms with Crippen molar-refractivity contribution >= 4 is 44.9 Å². The van der Waals surface area contributed by atoms with Crippen LogP contribution in [-0.4, -0.2) is 26.6 Å². The molecule has 0 saturated heterocycles. The predicted molar refractivity (Wildman–Crippen MR) is 95.8 cm³/mol. The maximum Gasteiger partial charge on any atom is 0.312 e. The molecule has 0 aromatic heterocycles. The van der Waals surface area contributed by atoms with E-state index in [1.807, 2.05) is 0 Å². The van der Waals surface area contributed by atoms with E-state index in [2.05, 4.69) is 9.46 Å². The summed E-state index contributed by atoms with van der Waals surface area (Å²) < 4.78 is 32.0. The number of nitrogens with one attached hydrogen (secondary N) is 1. The number of anilines is 1. The number of rotatable bonds is 5. The Kier molecular flexibility index (Phi) is 5.82. The topological polar surface area (TPSA) is 92.7 Å². The second-order valence-electron chi connectivity index (χ2n) is 5.21. The average Bonchev–Trinajstić information content (AvgIpc) is 2.56. The van der Waals surface area contributed by atoms with Crippen molar-refractivity contribution in [2.45, 2.75) is 17.7 Å². The number of sulfonamides is 1. The summed E-state index contributed by atoms with van der Waals surface area (Å²) in [5.41, 5.74) is 0.782. The van der Waals surface area contributed by atoms with E-state index in [0.717, 1.165) is 6.07 Å². The Balaban J connectivity index is 2.38. The molecule has 2 N–H and O–H groups in total. The summed E-state index contributed by atoms with van der Waals surface area (Å²) in [6.07, 6.45) is 0. The molecule has 0 fully saturated rings. The zero-order chi connectivity index (χ0) is 18.8. The van der Waals surface area contributed by atoms with E-state index in [-0.39, 0.29) is 15.7 Å². The fourth-order valence-corrected chi connectivity index (χ4v) is 3.95. The number of ether oxygens (including phenoxy) is 1. The molecule has 1 atom stereocenters. The predicted octanol–water partition coefficient (Wildman–Crippen LogP) is 3.78. The van der Waals surface area contributed by atoms with E-state index < -0.39 is 32.6 Å². The lowest BCUT2D eigenvalue weighted by atomic mass is 10.0. The Morgan fingerprint density at radius 1 is 1.24 bits per heavy atom. The lowest BCUT2D eigenvalue weighted by Gasteiger charge is -2.13. The van der Waals surface area contributed by atoms with Gasteiger partial charge in [-0.3, -0.25) is 9.52 Å². The molecule has 2 aromatic carbocycles. The average molecular weight is 404 g/mol. The number of carbonyl (C=O) groups is 1. The minimum absolute atomic E-state index is 0.0660. The molecule has 1 unspecified atom stereocenters. The van der Waals surface area contributed by atoms with E-state index >= 15 is 0 Å². The van der Waals surface area contributed by atoms with Gasteiger partial charge in [0.15, 0.2) is 5.75 Å². The van der Waals surface area contributed by atoms with E-state index in [1.165, 1.54) is 25.3 Å². The van der Waals surface area contributed by atoms with Crippen LogP contribution in [0.15, 0.2) is 41.3 Å². The van der Waals surface area contributed by atoms with Gasteiger partial charge in [0.25, 0.3) is 10.0 Å². The summed E-state index contributed by atoms with van der Waals surface area (Å²) in [6.45, 7) is 1.64. The molecule has 0 heterocycles. The van der Waals surface area contributed by atoms with Crippen molar-refractivity contribution in [1.82, 2.24) is 0 Å². The molecule has 134 valence electrons. The molecule has 9 heteroatoms. The highest BCUT2D eigenvalue weighted by Crippen LogP contribution is 2.35. The van der Waals surface area contributed by atoms with E-state index in [1.54, 1.807) is 19.1 Å². The van der Waals surface area contributed by atoms with Gasteiger partial charge in [-0.05, 0) is 36.8 Å². The van der Waals surface area contributed by atoms with Crippen molar-refractivity contribution in [2.75, 3.05) is 11.8 Å². The van der Waals surface area contributed by atoms with Gasteiger partial charge in [-0.1, -0.05) is 35.3 Å². The number of benzene rings is 2. The first-order valence-corrected chi connectivity index (χ1v) is 9.28. The Labute approximate surface area is 155 Å². The highest BCUT2D eigenvalue weighted by molar-refractivity contribution is 7.92. The molecule has 6 nitrogen and oxygen atoms in total. The lowest BCUT2D eigenvalue weighted by molar-refractivity contribution is -0.141. The minimum Gasteiger partial charge on any atom is -0.505 e. The van der Waals surface area contributed by atoms with Gasteiger partial charge in [-0.25, -0.2) is 8.42 Å². The smallest absolute Gasteiger partial charge is 0.312 e. The van der Waals surface area contributed by atoms with Crippen molar-refractivity contribution in [3.63, 3.8) is 0 Å². The fraction of sp³-hybridized carbons (Fsp3) is 0.188. The van der Waals surface area contributed by atoms with Crippen LogP contribution in [0.3, 0.4) is 0 Å². The number of carbonyl (C=O) groups excluding carboxylic acids is 1. The van der Waals surface area contributed by atoms with Crippen molar-refractivity contribution in [3.8, 4) is 5.75 Å². The summed E-state index contributed by atoms with van der Waals surface area (Å²) in [7, 11) is -2.87. The number of phenols is 1. The zero-order valence-electron chi connectivity index (χ0n) is 13.3. The van der Waals surface area contributed by atoms with Gasteiger partial charge in [-0.2, -0.15) is 0 Å². The van der Waals surface area contributed by atoms with Crippen LogP contribution in [0.5, 0.6) is 5.75 Å². The zero-order valence-corrected chi connectivity index (χ0v) is 15.6. The molecule has 2 rings (SSSR count). The van der Waals surface area contributed by atoms with Gasteiger partial charge in [0.1, 0.15) is 4.90 Å². The standard InChI is InChI=1S/C16H15Cl2NO5S/c1-9(16(21)24-2)10-4-3-5-12(6-10)19-25(22,23)14-8-11(17)7-13(18)15(14)20/h3-9,19-20H,1-2H3. The van der Waals surface area contributed by atoms with Gasteiger partial charge in [0.2, 0.25) is 0 Å². The van der Waals surface area contributed by atoms with Crippen LogP contribution in [0.1, 0.15) is 18.4 Å². The van der Waals surface area contributed by atoms with Crippen molar-refractivity contribution in [2.24, 2.45) is 0 Å². The number of hydrogen-bond acceptors (Lipinski definition) is 5. The van der Waals surface area contributed by atoms with Gasteiger partial charge < -0.3 is 9.84 Å². The first kappa shape index (κ1) is 19.4. The van der Waals surface area contributed by atoms with Crippen molar-refractivity contribution < 1.29 is 23.1 Å². The number of hydrogen-bond donors (Lipinski definition) is 2. The second kappa shape index (κ2) is 7.51. The van der Waals surface area contributed by atoms with Gasteiger partial charge in [-0.15, -0.1) is 0 Å². The van der Waals surface area contributed by atoms with Crippen LogP contribution in [-0.2, 0) is 19.6 Å². The lowest BCUT2D eigenvalue weighted by Crippen LogP contribution is -2.14. The SMILES string of the molecule is COC(=O)C(C)c1cccc(NS(=O)(=O)c2cc(Cl)cc(Cl)c2O)c1. The van der Waals surface area contributed by atoms with Crippen LogP contribution in [0.2, 0.25) is 10.0 Å². The highest BCUT2D eigenvalue weighted by Gasteiger charge is 2.23. The third-order valence-corrected chi connectivity index (χ3v) is 5.38. The molecular weight excluding hydrogens is 389 g/mol. The molecule has 25 heavy (non-hydrogen) atoms. The van der Waals surface area contributed by atoms with Gasteiger partial charge in [0, 0.05) is 10.7 Å². The first-order valence-electron chi connectivity index (χ1n) is 7.04. The molecule has 0 aliphatic carbocycles. The molecule has 0 bridgehead atoms. The molecule has 0 aliphatic rings. The van der Waals surface area contributed by atoms with Gasteiger partial charge >= 0.3 is 5.97 Å². The second-order valence-corrected chi connectivity index (χ2v) is 7.70. The Morgan fingerprint density at radius 3 is 2.56 bits per heavy atom. The molecule has 0 radical (unpaired) electrons.